The second-order valence-electron chi connectivity index (χ2n) is 4.26. The van der Waals surface area contributed by atoms with Gasteiger partial charge in [-0.2, -0.15) is 0 Å². The molecule has 0 rings (SSSR count). The van der Waals surface area contributed by atoms with Gasteiger partial charge in [0, 0.05) is 6.42 Å². The van der Waals surface area contributed by atoms with Crippen molar-refractivity contribution >= 4 is 12.1 Å². The predicted octanol–water partition coefficient (Wildman–Crippen LogP) is 3.53. The van der Waals surface area contributed by atoms with E-state index >= 15 is 0 Å². The zero-order valence-electron chi connectivity index (χ0n) is 10.3. The number of hydrogen-bond donors (Lipinski definition) is 0. The molecule has 0 radical (unpaired) electrons. The van der Waals surface area contributed by atoms with Crippen molar-refractivity contribution in [2.75, 3.05) is 0 Å². The largest absolute Gasteiger partial charge is 0.302 e. The van der Waals surface area contributed by atoms with Crippen molar-refractivity contribution in [3.63, 3.8) is 0 Å². The number of hydrogen-bond acceptors (Lipinski definition) is 2. The van der Waals surface area contributed by atoms with E-state index in [4.69, 9.17) is 0 Å². The summed E-state index contributed by atoms with van der Waals surface area (Å²) in [6.45, 7) is 6.09. The Hall–Kier alpha value is -0.660. The molecule has 0 fully saturated rings. The normalized spacial score (nSPS) is 14.6. The van der Waals surface area contributed by atoms with E-state index in [0.717, 1.165) is 38.4 Å². The molecule has 15 heavy (non-hydrogen) atoms. The van der Waals surface area contributed by atoms with Gasteiger partial charge in [-0.3, -0.25) is 4.79 Å². The second-order valence-corrected chi connectivity index (χ2v) is 4.26. The van der Waals surface area contributed by atoms with Gasteiger partial charge in [-0.15, -0.1) is 0 Å². The van der Waals surface area contributed by atoms with Crippen LogP contribution in [0, 0.1) is 5.41 Å². The summed E-state index contributed by atoms with van der Waals surface area (Å²) < 4.78 is 0. The van der Waals surface area contributed by atoms with Gasteiger partial charge in [0.1, 0.15) is 12.1 Å². The van der Waals surface area contributed by atoms with Crippen molar-refractivity contribution in [1.82, 2.24) is 0 Å². The number of unbranched alkanes of at least 4 members (excludes halogenated alkanes) is 2. The monoisotopic (exact) mass is 212 g/mol. The van der Waals surface area contributed by atoms with Crippen LogP contribution in [0.2, 0.25) is 0 Å². The van der Waals surface area contributed by atoms with Crippen LogP contribution in [0.3, 0.4) is 0 Å². The van der Waals surface area contributed by atoms with Crippen LogP contribution in [0.15, 0.2) is 0 Å². The molecule has 0 aliphatic carbocycles. The first-order valence-corrected chi connectivity index (χ1v) is 6.16. The lowest BCUT2D eigenvalue weighted by molar-refractivity contribution is -0.135. The first-order chi connectivity index (χ1) is 7.16. The Labute approximate surface area is 93.4 Å². The fourth-order valence-corrected chi connectivity index (χ4v) is 1.80. The zero-order valence-corrected chi connectivity index (χ0v) is 10.3. The minimum Gasteiger partial charge on any atom is -0.302 e. The molecule has 2 nitrogen and oxygen atoms in total. The van der Waals surface area contributed by atoms with Crippen LogP contribution in [-0.4, -0.2) is 12.1 Å². The second kappa shape index (κ2) is 7.61. The van der Waals surface area contributed by atoms with Crippen LogP contribution >= 0.6 is 0 Å². The maximum absolute atomic E-state index is 12.0. The average Bonchev–Trinajstić information content (AvgIpc) is 2.28. The molecule has 0 amide bonds. The minimum atomic E-state index is -0.675. The highest BCUT2D eigenvalue weighted by Crippen LogP contribution is 2.29. The van der Waals surface area contributed by atoms with Gasteiger partial charge in [0.15, 0.2) is 0 Å². The standard InChI is InChI=1S/C13H24O2/c1-4-7-9-12(15)13(6-3,11-14)10-8-5-2/h11H,4-10H2,1-3H3. The Morgan fingerprint density at radius 3 is 2.13 bits per heavy atom. The van der Waals surface area contributed by atoms with E-state index in [1.165, 1.54) is 0 Å². The van der Waals surface area contributed by atoms with Gasteiger partial charge < -0.3 is 4.79 Å². The zero-order chi connectivity index (χ0) is 11.7. The SMILES string of the molecule is CCCCC(=O)C(C=O)(CC)CCCC. The number of ketones is 1. The van der Waals surface area contributed by atoms with E-state index < -0.39 is 5.41 Å². The molecule has 0 spiro atoms. The van der Waals surface area contributed by atoms with Crippen molar-refractivity contribution in [3.8, 4) is 0 Å². The molecule has 0 heterocycles. The van der Waals surface area contributed by atoms with Gasteiger partial charge in [-0.1, -0.05) is 40.0 Å². The molecule has 0 aromatic carbocycles. The minimum absolute atomic E-state index is 0.148. The Morgan fingerprint density at radius 1 is 1.13 bits per heavy atom. The number of carbonyl (C=O) groups is 2. The number of aldehydes is 1. The van der Waals surface area contributed by atoms with E-state index in [9.17, 15) is 9.59 Å². The van der Waals surface area contributed by atoms with E-state index in [0.29, 0.717) is 12.8 Å². The average molecular weight is 212 g/mol. The maximum atomic E-state index is 12.0. The molecule has 0 bridgehead atoms. The predicted molar refractivity (Wildman–Crippen MR) is 62.8 cm³/mol. The highest BCUT2D eigenvalue weighted by atomic mass is 16.1. The molecule has 0 saturated heterocycles. The Morgan fingerprint density at radius 2 is 1.73 bits per heavy atom. The number of carbonyl (C=O) groups excluding carboxylic acids is 2. The summed E-state index contributed by atoms with van der Waals surface area (Å²) in [5.41, 5.74) is -0.675. The topological polar surface area (TPSA) is 34.1 Å². The van der Waals surface area contributed by atoms with Crippen molar-refractivity contribution in [2.45, 2.75) is 65.7 Å². The highest BCUT2D eigenvalue weighted by molar-refractivity contribution is 5.98. The van der Waals surface area contributed by atoms with Crippen LogP contribution in [0.1, 0.15) is 65.7 Å². The van der Waals surface area contributed by atoms with Crippen molar-refractivity contribution in [1.29, 1.82) is 0 Å². The Kier molecular flexibility index (Phi) is 7.27. The van der Waals surface area contributed by atoms with Crippen molar-refractivity contribution in [2.24, 2.45) is 5.41 Å². The number of rotatable bonds is 9. The lowest BCUT2D eigenvalue weighted by atomic mass is 9.76. The molecule has 1 atom stereocenters. The fraction of sp³-hybridized carbons (Fsp3) is 0.846. The third kappa shape index (κ3) is 4.15. The third-order valence-corrected chi connectivity index (χ3v) is 3.15. The molecule has 0 aliphatic rings. The lowest BCUT2D eigenvalue weighted by Crippen LogP contribution is -2.32. The molecule has 88 valence electrons. The summed E-state index contributed by atoms with van der Waals surface area (Å²) >= 11 is 0. The summed E-state index contributed by atoms with van der Waals surface area (Å²) in [6, 6.07) is 0. The molecular formula is C13H24O2. The van der Waals surface area contributed by atoms with Gasteiger partial charge >= 0.3 is 0 Å². The first-order valence-electron chi connectivity index (χ1n) is 6.16. The molecule has 0 aliphatic heterocycles. The van der Waals surface area contributed by atoms with Crippen molar-refractivity contribution < 1.29 is 9.59 Å². The molecule has 1 unspecified atom stereocenters. The van der Waals surface area contributed by atoms with Gasteiger partial charge in [-0.05, 0) is 19.3 Å². The highest BCUT2D eigenvalue weighted by Gasteiger charge is 2.34. The van der Waals surface area contributed by atoms with Crippen LogP contribution in [0.4, 0.5) is 0 Å². The smallest absolute Gasteiger partial charge is 0.146 e. The molecule has 0 aromatic heterocycles. The molecule has 2 heteroatoms. The first kappa shape index (κ1) is 14.3. The van der Waals surface area contributed by atoms with E-state index in [-0.39, 0.29) is 5.78 Å². The quantitative estimate of drug-likeness (QED) is 0.433. The lowest BCUT2D eigenvalue weighted by Gasteiger charge is -2.24. The van der Waals surface area contributed by atoms with Crippen LogP contribution in [0.5, 0.6) is 0 Å². The van der Waals surface area contributed by atoms with Crippen LogP contribution in [0.25, 0.3) is 0 Å². The van der Waals surface area contributed by atoms with Gasteiger partial charge in [-0.25, -0.2) is 0 Å². The van der Waals surface area contributed by atoms with E-state index in [2.05, 4.69) is 13.8 Å². The molecule has 0 aromatic rings. The van der Waals surface area contributed by atoms with Crippen LogP contribution < -0.4 is 0 Å². The van der Waals surface area contributed by atoms with Crippen molar-refractivity contribution in [3.05, 3.63) is 0 Å². The summed E-state index contributed by atoms with van der Waals surface area (Å²) in [5.74, 6) is 0.148. The summed E-state index contributed by atoms with van der Waals surface area (Å²) in [5, 5.41) is 0. The van der Waals surface area contributed by atoms with Gasteiger partial charge in [0.05, 0.1) is 5.41 Å². The summed E-state index contributed by atoms with van der Waals surface area (Å²) in [6.07, 6.45) is 6.75. The molecular weight excluding hydrogens is 188 g/mol. The third-order valence-electron chi connectivity index (χ3n) is 3.15. The molecule has 0 saturated carbocycles. The number of Topliss-reactive ketones (excluding diaryl/α,β-unsaturated/α-hetero) is 1. The molecule has 0 N–H and O–H groups in total. The Balaban J connectivity index is 4.45. The maximum Gasteiger partial charge on any atom is 0.146 e. The summed E-state index contributed by atoms with van der Waals surface area (Å²) in [7, 11) is 0. The van der Waals surface area contributed by atoms with Crippen LogP contribution in [-0.2, 0) is 9.59 Å². The van der Waals surface area contributed by atoms with E-state index in [1.54, 1.807) is 0 Å². The van der Waals surface area contributed by atoms with Gasteiger partial charge in [0.25, 0.3) is 0 Å². The Bertz CT molecular complexity index is 199. The van der Waals surface area contributed by atoms with E-state index in [1.807, 2.05) is 6.92 Å². The van der Waals surface area contributed by atoms with Gasteiger partial charge in [0.2, 0.25) is 0 Å². The summed E-state index contributed by atoms with van der Waals surface area (Å²) in [4.78, 5) is 23.1. The fourth-order valence-electron chi connectivity index (χ4n) is 1.80.